The fourth-order valence-corrected chi connectivity index (χ4v) is 2.20. The van der Waals surface area contributed by atoms with Crippen molar-refractivity contribution in [2.24, 2.45) is 0 Å². The summed E-state index contributed by atoms with van der Waals surface area (Å²) < 4.78 is 14.0. The third kappa shape index (κ3) is 2.91. The van der Waals surface area contributed by atoms with Crippen molar-refractivity contribution in [2.45, 2.75) is 18.8 Å². The van der Waals surface area contributed by atoms with Gasteiger partial charge in [-0.2, -0.15) is 5.26 Å². The Hall–Kier alpha value is -1.92. The van der Waals surface area contributed by atoms with Crippen molar-refractivity contribution in [2.75, 3.05) is 0 Å². The van der Waals surface area contributed by atoms with Crippen LogP contribution < -0.4 is 0 Å². The Morgan fingerprint density at radius 1 is 1.42 bits per heavy atom. The van der Waals surface area contributed by atoms with Gasteiger partial charge in [0.1, 0.15) is 5.82 Å². The third-order valence-electron chi connectivity index (χ3n) is 3.05. The summed E-state index contributed by atoms with van der Waals surface area (Å²) in [5, 5.41) is 9.75. The van der Waals surface area contributed by atoms with Crippen molar-refractivity contribution >= 4 is 11.6 Å². The monoisotopic (exact) mass is 274 g/mol. The molecule has 0 aliphatic rings. The summed E-state index contributed by atoms with van der Waals surface area (Å²) in [4.78, 5) is 4.01. The zero-order chi connectivity index (χ0) is 13.9. The van der Waals surface area contributed by atoms with Crippen LogP contribution in [0, 0.1) is 17.1 Å². The number of rotatable bonds is 3. The second-order valence-electron chi connectivity index (χ2n) is 4.61. The van der Waals surface area contributed by atoms with Crippen molar-refractivity contribution < 1.29 is 4.39 Å². The van der Waals surface area contributed by atoms with Crippen molar-refractivity contribution in [3.63, 3.8) is 0 Å². The predicted octanol–water partition coefficient (Wildman–Crippen LogP) is 3.90. The molecule has 0 aliphatic carbocycles. The summed E-state index contributed by atoms with van der Waals surface area (Å²) in [6.07, 6.45) is 3.75. The molecule has 2 nitrogen and oxygen atoms in total. The van der Waals surface area contributed by atoms with Gasteiger partial charge in [0.05, 0.1) is 11.5 Å². The van der Waals surface area contributed by atoms with Gasteiger partial charge in [0, 0.05) is 23.0 Å². The molecule has 0 N–H and O–H groups in total. The molecule has 1 aromatic heterocycles. The molecule has 0 fully saturated rings. The zero-order valence-corrected chi connectivity index (χ0v) is 11.2. The summed E-state index contributed by atoms with van der Waals surface area (Å²) in [5.74, 6) is -0.458. The van der Waals surface area contributed by atoms with Crippen LogP contribution in [-0.4, -0.2) is 4.98 Å². The lowest BCUT2D eigenvalue weighted by molar-refractivity contribution is 0.534. The lowest BCUT2D eigenvalue weighted by Gasteiger charge is -2.22. The fraction of sp³-hybridized carbons (Fsp3) is 0.200. The number of benzene rings is 1. The molecule has 96 valence electrons. The molecule has 1 aromatic carbocycles. The fourth-order valence-electron chi connectivity index (χ4n) is 2.04. The van der Waals surface area contributed by atoms with E-state index < -0.39 is 11.2 Å². The first-order valence-corrected chi connectivity index (χ1v) is 6.19. The molecule has 0 radical (unpaired) electrons. The van der Waals surface area contributed by atoms with E-state index in [2.05, 4.69) is 11.1 Å². The van der Waals surface area contributed by atoms with Crippen molar-refractivity contribution in [1.29, 1.82) is 5.26 Å². The first-order chi connectivity index (χ1) is 9.05. The average Bonchev–Trinajstić information content (AvgIpc) is 2.39. The number of hydrogen-bond acceptors (Lipinski definition) is 2. The average molecular weight is 275 g/mol. The van der Waals surface area contributed by atoms with Crippen LogP contribution in [0.4, 0.5) is 4.39 Å². The number of nitriles is 1. The smallest absolute Gasteiger partial charge is 0.129 e. The van der Waals surface area contributed by atoms with Gasteiger partial charge < -0.3 is 0 Å². The summed E-state index contributed by atoms with van der Waals surface area (Å²) in [6.45, 7) is 1.71. The largest absolute Gasteiger partial charge is 0.264 e. The summed E-state index contributed by atoms with van der Waals surface area (Å²) in [7, 11) is 0. The molecule has 1 heterocycles. The molecular weight excluding hydrogens is 263 g/mol. The minimum Gasteiger partial charge on any atom is -0.264 e. The van der Waals surface area contributed by atoms with E-state index in [-0.39, 0.29) is 0 Å². The second kappa shape index (κ2) is 5.38. The molecule has 2 aromatic rings. The minimum absolute atomic E-state index is 0.322. The van der Waals surface area contributed by atoms with E-state index in [1.807, 2.05) is 6.07 Å². The van der Waals surface area contributed by atoms with E-state index >= 15 is 0 Å². The van der Waals surface area contributed by atoms with Gasteiger partial charge >= 0.3 is 0 Å². The number of nitrogens with zero attached hydrogens (tertiary/aromatic N) is 2. The van der Waals surface area contributed by atoms with Crippen LogP contribution in [0.2, 0.25) is 5.02 Å². The molecule has 0 aliphatic heterocycles. The third-order valence-corrected chi connectivity index (χ3v) is 3.29. The molecule has 0 saturated heterocycles. The predicted molar refractivity (Wildman–Crippen MR) is 72.3 cm³/mol. The number of aromatic nitrogens is 1. The summed E-state index contributed by atoms with van der Waals surface area (Å²) >= 11 is 5.74. The molecule has 19 heavy (non-hydrogen) atoms. The van der Waals surface area contributed by atoms with Crippen LogP contribution in [0.3, 0.4) is 0 Å². The van der Waals surface area contributed by atoms with E-state index in [0.717, 1.165) is 5.56 Å². The van der Waals surface area contributed by atoms with Crippen molar-refractivity contribution in [1.82, 2.24) is 4.98 Å². The zero-order valence-electron chi connectivity index (χ0n) is 10.4. The maximum absolute atomic E-state index is 14.0. The Balaban J connectivity index is 2.40. The highest BCUT2D eigenvalue weighted by Gasteiger charge is 2.30. The Bertz CT molecular complexity index is 622. The topological polar surface area (TPSA) is 36.7 Å². The van der Waals surface area contributed by atoms with E-state index in [9.17, 15) is 9.65 Å². The molecule has 0 saturated carbocycles. The maximum Gasteiger partial charge on any atom is 0.129 e. The normalized spacial score (nSPS) is 13.6. The highest BCUT2D eigenvalue weighted by Crippen LogP contribution is 2.30. The van der Waals surface area contributed by atoms with E-state index in [0.29, 0.717) is 17.0 Å². The molecule has 0 amide bonds. The lowest BCUT2D eigenvalue weighted by atomic mass is 9.78. The molecule has 1 atom stereocenters. The standard InChI is InChI=1S/C15H12ClFN2/c1-15(10-18,8-11-3-2-6-19-9-11)13-5-4-12(16)7-14(13)17/h2-7,9H,8H2,1H3. The first-order valence-electron chi connectivity index (χ1n) is 5.81. The Kier molecular flexibility index (Phi) is 3.82. The van der Waals surface area contributed by atoms with E-state index in [4.69, 9.17) is 11.6 Å². The maximum atomic E-state index is 14.0. The van der Waals surface area contributed by atoms with Gasteiger partial charge in [0.2, 0.25) is 0 Å². The van der Waals surface area contributed by atoms with Gasteiger partial charge in [-0.15, -0.1) is 0 Å². The lowest BCUT2D eigenvalue weighted by Crippen LogP contribution is -2.24. The summed E-state index contributed by atoms with van der Waals surface area (Å²) in [6, 6.07) is 10.3. The van der Waals surface area contributed by atoms with Gasteiger partial charge in [-0.3, -0.25) is 4.98 Å². The van der Waals surface area contributed by atoms with Crippen LogP contribution in [0.25, 0.3) is 0 Å². The van der Waals surface area contributed by atoms with Gasteiger partial charge in [-0.1, -0.05) is 23.7 Å². The van der Waals surface area contributed by atoms with Gasteiger partial charge in [-0.05, 0) is 37.1 Å². The molecule has 1 unspecified atom stereocenters. The molecule has 0 spiro atoms. The van der Waals surface area contributed by atoms with Crippen LogP contribution in [-0.2, 0) is 11.8 Å². The SMILES string of the molecule is CC(C#N)(Cc1cccnc1)c1ccc(Cl)cc1F. The minimum atomic E-state index is -0.947. The van der Waals surface area contributed by atoms with Crippen molar-refractivity contribution in [3.05, 3.63) is 64.7 Å². The number of pyridine rings is 1. The molecule has 4 heteroatoms. The summed E-state index contributed by atoms with van der Waals surface area (Å²) in [5.41, 5.74) is 0.293. The molecule has 0 bridgehead atoms. The van der Waals surface area contributed by atoms with Gasteiger partial charge in [-0.25, -0.2) is 4.39 Å². The number of halogens is 2. The first kappa shape index (κ1) is 13.5. The van der Waals surface area contributed by atoms with Crippen LogP contribution in [0.1, 0.15) is 18.1 Å². The van der Waals surface area contributed by atoms with E-state index in [1.165, 1.54) is 6.07 Å². The highest BCUT2D eigenvalue weighted by molar-refractivity contribution is 6.30. The van der Waals surface area contributed by atoms with Crippen molar-refractivity contribution in [3.8, 4) is 6.07 Å². The van der Waals surface area contributed by atoms with Crippen LogP contribution in [0.15, 0.2) is 42.7 Å². The molecule has 2 rings (SSSR count). The highest BCUT2D eigenvalue weighted by atomic mass is 35.5. The Labute approximate surface area is 116 Å². The van der Waals surface area contributed by atoms with Crippen LogP contribution >= 0.6 is 11.6 Å². The Morgan fingerprint density at radius 3 is 2.79 bits per heavy atom. The van der Waals surface area contributed by atoms with E-state index in [1.54, 1.807) is 37.5 Å². The Morgan fingerprint density at radius 2 is 2.21 bits per heavy atom. The van der Waals surface area contributed by atoms with Gasteiger partial charge in [0.25, 0.3) is 0 Å². The van der Waals surface area contributed by atoms with Gasteiger partial charge in [0.15, 0.2) is 0 Å². The second-order valence-corrected chi connectivity index (χ2v) is 5.04. The number of hydrogen-bond donors (Lipinski definition) is 0. The quantitative estimate of drug-likeness (QED) is 0.851. The molecular formula is C15H12ClFN2. The van der Waals surface area contributed by atoms with Crippen LogP contribution in [0.5, 0.6) is 0 Å².